The molecule has 3 heterocycles. The van der Waals surface area contributed by atoms with Gasteiger partial charge in [-0.15, -0.1) is 21.5 Å². The number of aromatic nitrogens is 3. The molecule has 0 aromatic carbocycles. The monoisotopic (exact) mass is 275 g/mol. The normalized spacial score (nSPS) is 10.8. The third-order valence-corrected chi connectivity index (χ3v) is 3.59. The van der Waals surface area contributed by atoms with Crippen molar-refractivity contribution in [1.82, 2.24) is 14.6 Å². The average Bonchev–Trinajstić information content (AvgIpc) is 3.03. The molecule has 0 saturated heterocycles. The van der Waals surface area contributed by atoms with Gasteiger partial charge in [0.2, 0.25) is 0 Å². The molecule has 3 aromatic heterocycles. The van der Waals surface area contributed by atoms with Gasteiger partial charge in [-0.05, 0) is 23.6 Å². The van der Waals surface area contributed by atoms with Crippen LogP contribution >= 0.6 is 11.3 Å². The molecule has 0 fully saturated rings. The first kappa shape index (κ1) is 11.7. The number of ether oxygens (including phenoxy) is 1. The van der Waals surface area contributed by atoms with Crippen LogP contribution in [0.15, 0.2) is 29.8 Å². The van der Waals surface area contributed by atoms with E-state index in [-0.39, 0.29) is 5.56 Å². The van der Waals surface area contributed by atoms with Crippen LogP contribution in [0, 0.1) is 0 Å². The predicted molar refractivity (Wildman–Crippen MR) is 69.8 cm³/mol. The fourth-order valence-corrected chi connectivity index (χ4v) is 2.63. The molecule has 0 spiro atoms. The van der Waals surface area contributed by atoms with E-state index < -0.39 is 5.97 Å². The minimum Gasteiger partial charge on any atom is -0.495 e. The van der Waals surface area contributed by atoms with Crippen molar-refractivity contribution < 1.29 is 14.6 Å². The van der Waals surface area contributed by atoms with Gasteiger partial charge >= 0.3 is 5.97 Å². The van der Waals surface area contributed by atoms with Crippen LogP contribution in [0.2, 0.25) is 0 Å². The Morgan fingerprint density at radius 3 is 2.95 bits per heavy atom. The highest BCUT2D eigenvalue weighted by Gasteiger charge is 2.15. The molecule has 0 amide bonds. The van der Waals surface area contributed by atoms with Crippen molar-refractivity contribution in [1.29, 1.82) is 0 Å². The van der Waals surface area contributed by atoms with Gasteiger partial charge in [-0.3, -0.25) is 4.40 Å². The molecular formula is C12H9N3O3S. The molecule has 0 bridgehead atoms. The molecule has 96 valence electrons. The van der Waals surface area contributed by atoms with Crippen LogP contribution in [0.1, 0.15) is 10.4 Å². The van der Waals surface area contributed by atoms with Gasteiger partial charge in [-0.2, -0.15) is 0 Å². The Balaban J connectivity index is 2.24. The summed E-state index contributed by atoms with van der Waals surface area (Å²) in [7, 11) is 1.58. The molecule has 0 aliphatic carbocycles. The molecule has 3 aromatic rings. The lowest BCUT2D eigenvalue weighted by molar-refractivity contribution is 0.0696. The molecular weight excluding hydrogens is 266 g/mol. The predicted octanol–water partition coefficient (Wildman–Crippen LogP) is 2.16. The van der Waals surface area contributed by atoms with E-state index in [1.54, 1.807) is 17.6 Å². The lowest BCUT2D eigenvalue weighted by Crippen LogP contribution is -1.99. The molecule has 0 aliphatic rings. The first-order chi connectivity index (χ1) is 9.20. The maximum absolute atomic E-state index is 11.0. The Morgan fingerprint density at radius 2 is 2.21 bits per heavy atom. The van der Waals surface area contributed by atoms with Crippen LogP contribution < -0.4 is 4.74 Å². The lowest BCUT2D eigenvalue weighted by atomic mass is 10.3. The van der Waals surface area contributed by atoms with Crippen LogP contribution in [0.25, 0.3) is 16.3 Å². The van der Waals surface area contributed by atoms with Crippen molar-refractivity contribution in [3.05, 3.63) is 35.3 Å². The van der Waals surface area contributed by atoms with Crippen LogP contribution in [0.3, 0.4) is 0 Å². The van der Waals surface area contributed by atoms with E-state index in [9.17, 15) is 4.79 Å². The highest BCUT2D eigenvalue weighted by molar-refractivity contribution is 7.13. The first-order valence-corrected chi connectivity index (χ1v) is 6.28. The average molecular weight is 275 g/mol. The summed E-state index contributed by atoms with van der Waals surface area (Å²) in [6, 6.07) is 4.96. The molecule has 6 nitrogen and oxygen atoms in total. The fraction of sp³-hybridized carbons (Fsp3) is 0.0833. The zero-order valence-corrected chi connectivity index (χ0v) is 10.7. The lowest BCUT2D eigenvalue weighted by Gasteiger charge is -2.02. The molecule has 1 N–H and O–H groups in total. The fourth-order valence-electron chi connectivity index (χ4n) is 1.79. The largest absolute Gasteiger partial charge is 0.495 e. The number of carbonyl (C=O) groups is 1. The molecule has 7 heteroatoms. The van der Waals surface area contributed by atoms with E-state index in [1.807, 2.05) is 11.4 Å². The number of hydrogen-bond acceptors (Lipinski definition) is 5. The van der Waals surface area contributed by atoms with Crippen molar-refractivity contribution in [2.45, 2.75) is 0 Å². The SMILES string of the molecule is COc1ccsc1-c1nnc2ccc(C(=O)O)cn12. The number of pyridine rings is 1. The van der Waals surface area contributed by atoms with Gasteiger partial charge in [0.25, 0.3) is 0 Å². The summed E-state index contributed by atoms with van der Waals surface area (Å²) in [5, 5.41) is 19.0. The van der Waals surface area contributed by atoms with E-state index in [2.05, 4.69) is 10.2 Å². The molecule has 0 unspecified atom stereocenters. The maximum Gasteiger partial charge on any atom is 0.337 e. The first-order valence-electron chi connectivity index (χ1n) is 5.40. The number of hydrogen-bond donors (Lipinski definition) is 1. The van der Waals surface area contributed by atoms with Crippen molar-refractivity contribution in [3.8, 4) is 16.5 Å². The third kappa shape index (κ3) is 1.84. The quantitative estimate of drug-likeness (QED) is 0.792. The number of methoxy groups -OCH3 is 1. The molecule has 0 aliphatic heterocycles. The van der Waals surface area contributed by atoms with Gasteiger partial charge in [0, 0.05) is 6.20 Å². The summed E-state index contributed by atoms with van der Waals surface area (Å²) in [5.74, 6) is 0.282. The summed E-state index contributed by atoms with van der Waals surface area (Å²) in [6.45, 7) is 0. The second-order valence-electron chi connectivity index (χ2n) is 3.79. The molecule has 19 heavy (non-hydrogen) atoms. The van der Waals surface area contributed by atoms with E-state index in [0.717, 1.165) is 4.88 Å². The van der Waals surface area contributed by atoms with Gasteiger partial charge < -0.3 is 9.84 Å². The van der Waals surface area contributed by atoms with Crippen LogP contribution in [-0.4, -0.2) is 32.8 Å². The second kappa shape index (κ2) is 4.36. The van der Waals surface area contributed by atoms with E-state index in [4.69, 9.17) is 9.84 Å². The second-order valence-corrected chi connectivity index (χ2v) is 4.71. The Kier molecular flexibility index (Phi) is 2.68. The zero-order valence-electron chi connectivity index (χ0n) is 9.90. The van der Waals surface area contributed by atoms with Crippen molar-refractivity contribution in [2.24, 2.45) is 0 Å². The van der Waals surface area contributed by atoms with Crippen molar-refractivity contribution in [3.63, 3.8) is 0 Å². The number of carboxylic acid groups (broad SMARTS) is 1. The van der Waals surface area contributed by atoms with Crippen LogP contribution in [0.4, 0.5) is 0 Å². The minimum absolute atomic E-state index is 0.184. The third-order valence-electron chi connectivity index (χ3n) is 2.70. The van der Waals surface area contributed by atoms with Gasteiger partial charge in [0.15, 0.2) is 11.5 Å². The molecule has 0 atom stereocenters. The smallest absolute Gasteiger partial charge is 0.337 e. The molecule has 0 saturated carbocycles. The van der Waals surface area contributed by atoms with Crippen molar-refractivity contribution in [2.75, 3.05) is 7.11 Å². The number of carboxylic acids is 1. The summed E-state index contributed by atoms with van der Waals surface area (Å²) in [6.07, 6.45) is 1.51. The van der Waals surface area contributed by atoms with E-state index in [1.165, 1.54) is 23.6 Å². The van der Waals surface area contributed by atoms with Gasteiger partial charge in [0.1, 0.15) is 10.6 Å². The number of nitrogens with zero attached hydrogens (tertiary/aromatic N) is 3. The van der Waals surface area contributed by atoms with Crippen molar-refractivity contribution >= 4 is 23.0 Å². The van der Waals surface area contributed by atoms with E-state index in [0.29, 0.717) is 17.2 Å². The molecule has 0 radical (unpaired) electrons. The van der Waals surface area contributed by atoms with Gasteiger partial charge in [0.05, 0.1) is 12.7 Å². The maximum atomic E-state index is 11.0. The summed E-state index contributed by atoms with van der Waals surface area (Å²) in [4.78, 5) is 11.8. The van der Waals surface area contributed by atoms with Crippen LogP contribution in [-0.2, 0) is 0 Å². The highest BCUT2D eigenvalue weighted by atomic mass is 32.1. The number of fused-ring (bicyclic) bond motifs is 1. The van der Waals surface area contributed by atoms with Crippen LogP contribution in [0.5, 0.6) is 5.75 Å². The minimum atomic E-state index is -0.986. The van der Waals surface area contributed by atoms with E-state index >= 15 is 0 Å². The summed E-state index contributed by atoms with van der Waals surface area (Å²) >= 11 is 1.47. The standard InChI is InChI=1S/C12H9N3O3S/c1-18-8-4-5-19-10(8)11-14-13-9-3-2-7(12(16)17)6-15(9)11/h2-6H,1H3,(H,16,17). The molecule has 3 rings (SSSR count). The Labute approximate surface area is 111 Å². The summed E-state index contributed by atoms with van der Waals surface area (Å²) < 4.78 is 6.90. The topological polar surface area (TPSA) is 76.7 Å². The number of thiophene rings is 1. The highest BCUT2D eigenvalue weighted by Crippen LogP contribution is 2.34. The Bertz CT molecular complexity index is 763. The number of aromatic carboxylic acids is 1. The van der Waals surface area contributed by atoms with Gasteiger partial charge in [-0.1, -0.05) is 0 Å². The summed E-state index contributed by atoms with van der Waals surface area (Å²) in [5.41, 5.74) is 0.777. The Morgan fingerprint density at radius 1 is 1.37 bits per heavy atom. The Hall–Kier alpha value is -2.41. The zero-order chi connectivity index (χ0) is 13.4. The number of rotatable bonds is 3. The van der Waals surface area contributed by atoms with Gasteiger partial charge in [-0.25, -0.2) is 4.79 Å².